The summed E-state index contributed by atoms with van der Waals surface area (Å²) in [4.78, 5) is 10.2. The van der Waals surface area contributed by atoms with Crippen molar-refractivity contribution >= 4 is 33.0 Å². The highest BCUT2D eigenvalue weighted by atomic mass is 16.3. The molecule has 198 valence electrons. The molecular formula is C35H37N3O. The topological polar surface area (TPSA) is 43.9 Å². The Labute approximate surface area is 230 Å². The lowest BCUT2D eigenvalue weighted by atomic mass is 9.86. The number of furan rings is 1. The number of hydrogen-bond acceptors (Lipinski definition) is 3. The zero-order chi connectivity index (χ0) is 27.6. The fourth-order valence-electron chi connectivity index (χ4n) is 5.85. The van der Waals surface area contributed by atoms with Crippen LogP contribution in [0.1, 0.15) is 82.7 Å². The first-order valence-corrected chi connectivity index (χ1v) is 14.0. The third-order valence-electron chi connectivity index (χ3n) is 7.88. The lowest BCUT2D eigenvalue weighted by molar-refractivity contribution is 0.591. The van der Waals surface area contributed by atoms with Crippen LogP contribution in [0.3, 0.4) is 0 Å². The molecule has 39 heavy (non-hydrogen) atoms. The van der Waals surface area contributed by atoms with Crippen LogP contribution in [-0.4, -0.2) is 14.5 Å². The molecule has 3 heterocycles. The van der Waals surface area contributed by atoms with E-state index in [0.717, 1.165) is 50.1 Å². The maximum absolute atomic E-state index is 6.54. The minimum absolute atomic E-state index is 0.121. The number of benzene rings is 3. The number of pyridine rings is 1. The van der Waals surface area contributed by atoms with Gasteiger partial charge in [0.25, 0.3) is 0 Å². The fourth-order valence-corrected chi connectivity index (χ4v) is 5.85. The van der Waals surface area contributed by atoms with Crippen LogP contribution in [0.25, 0.3) is 50.0 Å². The Kier molecular flexibility index (Phi) is 5.91. The van der Waals surface area contributed by atoms with Crippen molar-refractivity contribution < 1.29 is 4.42 Å². The molecule has 0 saturated heterocycles. The molecule has 4 heteroatoms. The molecule has 3 aromatic carbocycles. The molecule has 6 rings (SSSR count). The summed E-state index contributed by atoms with van der Waals surface area (Å²) >= 11 is 0. The van der Waals surface area contributed by atoms with Crippen LogP contribution in [0, 0.1) is 6.92 Å². The van der Waals surface area contributed by atoms with Gasteiger partial charge in [-0.2, -0.15) is 0 Å². The summed E-state index contributed by atoms with van der Waals surface area (Å²) in [6.07, 6.45) is 2.05. The van der Waals surface area contributed by atoms with Crippen molar-refractivity contribution in [1.29, 1.82) is 0 Å². The molecule has 0 unspecified atom stereocenters. The average Bonchev–Trinajstić information content (AvgIpc) is 3.47. The number of aryl methyl sites for hydroxylation is 1. The molecule has 0 spiro atoms. The first kappa shape index (κ1) is 25.4. The molecule has 0 saturated carbocycles. The van der Waals surface area contributed by atoms with E-state index in [1.165, 1.54) is 22.4 Å². The number of rotatable bonds is 4. The van der Waals surface area contributed by atoms with Crippen LogP contribution >= 0.6 is 0 Å². The first-order valence-electron chi connectivity index (χ1n) is 14.0. The minimum Gasteiger partial charge on any atom is -0.455 e. The summed E-state index contributed by atoms with van der Waals surface area (Å²) in [6, 6.07) is 21.4. The molecule has 0 aliphatic heterocycles. The molecule has 0 aliphatic rings. The normalized spacial score (nSPS) is 12.6. The highest BCUT2D eigenvalue weighted by Gasteiger charge is 2.29. The molecule has 0 N–H and O–H groups in total. The second-order valence-corrected chi connectivity index (χ2v) is 12.4. The predicted molar refractivity (Wildman–Crippen MR) is 163 cm³/mol. The van der Waals surface area contributed by atoms with Gasteiger partial charge in [-0.3, -0.25) is 9.55 Å². The highest BCUT2D eigenvalue weighted by molar-refractivity contribution is 6.09. The number of aromatic nitrogens is 3. The molecule has 6 aromatic rings. The van der Waals surface area contributed by atoms with Crippen molar-refractivity contribution in [2.75, 3.05) is 0 Å². The van der Waals surface area contributed by atoms with E-state index in [0.29, 0.717) is 11.8 Å². The van der Waals surface area contributed by atoms with Gasteiger partial charge in [-0.05, 0) is 47.4 Å². The van der Waals surface area contributed by atoms with Gasteiger partial charge in [0.05, 0.1) is 22.5 Å². The standard InChI is InChI=1S/C35H37N3O/c1-20(2)23-14-11-15-24(21(3)4)31(23)38-32-28(35(6,7)8)19-36-22(5)30(32)37-34(38)27-17-12-16-26-25-13-9-10-18-29(25)39-33(26)27/h9-21H,1-8H3. The molecule has 0 atom stereocenters. The molecule has 0 fully saturated rings. The maximum Gasteiger partial charge on any atom is 0.149 e. The third kappa shape index (κ3) is 3.96. The Morgan fingerprint density at radius 3 is 2.10 bits per heavy atom. The molecular weight excluding hydrogens is 478 g/mol. The zero-order valence-electron chi connectivity index (χ0n) is 24.3. The van der Waals surface area contributed by atoms with Crippen LogP contribution < -0.4 is 0 Å². The monoisotopic (exact) mass is 515 g/mol. The SMILES string of the molecule is Cc1ncc(C(C)(C)C)c2c1nc(-c1cccc3c1oc1ccccc13)n2-c1c(C(C)C)cccc1C(C)C. The summed E-state index contributed by atoms with van der Waals surface area (Å²) in [6.45, 7) is 17.9. The van der Waals surface area contributed by atoms with Gasteiger partial charge in [0, 0.05) is 22.5 Å². The van der Waals surface area contributed by atoms with Gasteiger partial charge in [-0.15, -0.1) is 0 Å². The van der Waals surface area contributed by atoms with Crippen molar-refractivity contribution in [1.82, 2.24) is 14.5 Å². The van der Waals surface area contributed by atoms with E-state index in [9.17, 15) is 0 Å². The van der Waals surface area contributed by atoms with Gasteiger partial charge in [-0.25, -0.2) is 4.98 Å². The number of imidazole rings is 1. The second kappa shape index (κ2) is 9.08. The largest absolute Gasteiger partial charge is 0.455 e. The molecule has 0 aliphatic carbocycles. The number of nitrogens with zero attached hydrogens (tertiary/aromatic N) is 3. The van der Waals surface area contributed by atoms with E-state index >= 15 is 0 Å². The first-order chi connectivity index (χ1) is 18.6. The van der Waals surface area contributed by atoms with E-state index in [1.807, 2.05) is 12.1 Å². The lowest BCUT2D eigenvalue weighted by Crippen LogP contribution is -2.16. The van der Waals surface area contributed by atoms with Crippen LogP contribution in [-0.2, 0) is 5.41 Å². The van der Waals surface area contributed by atoms with Crippen molar-refractivity contribution in [3.63, 3.8) is 0 Å². The van der Waals surface area contributed by atoms with E-state index < -0.39 is 0 Å². The van der Waals surface area contributed by atoms with Gasteiger partial charge in [0.15, 0.2) is 0 Å². The van der Waals surface area contributed by atoms with Crippen LogP contribution in [0.5, 0.6) is 0 Å². The average molecular weight is 516 g/mol. The van der Waals surface area contributed by atoms with E-state index in [4.69, 9.17) is 14.4 Å². The van der Waals surface area contributed by atoms with Crippen molar-refractivity contribution in [3.8, 4) is 17.1 Å². The highest BCUT2D eigenvalue weighted by Crippen LogP contribution is 2.43. The van der Waals surface area contributed by atoms with Crippen LogP contribution in [0.2, 0.25) is 0 Å². The maximum atomic E-state index is 6.54. The Morgan fingerprint density at radius 2 is 1.44 bits per heavy atom. The molecule has 0 radical (unpaired) electrons. The lowest BCUT2D eigenvalue weighted by Gasteiger charge is -2.26. The van der Waals surface area contributed by atoms with E-state index in [1.54, 1.807) is 0 Å². The Balaban J connectivity index is 1.85. The molecule has 0 bridgehead atoms. The number of fused-ring (bicyclic) bond motifs is 4. The van der Waals surface area contributed by atoms with E-state index in [2.05, 4.69) is 115 Å². The zero-order valence-corrected chi connectivity index (χ0v) is 24.3. The van der Waals surface area contributed by atoms with Crippen LogP contribution in [0.15, 0.2) is 71.3 Å². The van der Waals surface area contributed by atoms with Gasteiger partial charge in [0.1, 0.15) is 22.5 Å². The molecule has 0 amide bonds. The fraction of sp³-hybridized carbons (Fsp3) is 0.314. The van der Waals surface area contributed by atoms with Crippen molar-refractivity contribution in [2.24, 2.45) is 0 Å². The quantitative estimate of drug-likeness (QED) is 0.235. The smallest absolute Gasteiger partial charge is 0.149 e. The predicted octanol–water partition coefficient (Wildman–Crippen LogP) is 9.84. The van der Waals surface area contributed by atoms with Crippen molar-refractivity contribution in [2.45, 2.75) is 72.6 Å². The summed E-state index contributed by atoms with van der Waals surface area (Å²) < 4.78 is 8.97. The number of hydrogen-bond donors (Lipinski definition) is 0. The summed E-state index contributed by atoms with van der Waals surface area (Å²) in [5, 5.41) is 2.23. The summed E-state index contributed by atoms with van der Waals surface area (Å²) in [7, 11) is 0. The minimum atomic E-state index is -0.121. The van der Waals surface area contributed by atoms with Gasteiger partial charge in [0.2, 0.25) is 0 Å². The van der Waals surface area contributed by atoms with Crippen LogP contribution in [0.4, 0.5) is 0 Å². The van der Waals surface area contributed by atoms with Gasteiger partial charge >= 0.3 is 0 Å². The van der Waals surface area contributed by atoms with Crippen molar-refractivity contribution in [3.05, 3.63) is 89.2 Å². The summed E-state index contributed by atoms with van der Waals surface area (Å²) in [5.74, 6) is 1.57. The van der Waals surface area contributed by atoms with E-state index in [-0.39, 0.29) is 5.41 Å². The Morgan fingerprint density at radius 1 is 0.795 bits per heavy atom. The molecule has 3 aromatic heterocycles. The Bertz CT molecular complexity index is 1830. The Hall–Kier alpha value is -3.92. The van der Waals surface area contributed by atoms with Gasteiger partial charge < -0.3 is 4.42 Å². The molecule has 4 nitrogen and oxygen atoms in total. The second-order valence-electron chi connectivity index (χ2n) is 12.4. The number of para-hydroxylation sites is 3. The summed E-state index contributed by atoms with van der Waals surface area (Å²) in [5.41, 5.74) is 10.7. The van der Waals surface area contributed by atoms with Gasteiger partial charge in [-0.1, -0.05) is 97.0 Å². The third-order valence-corrected chi connectivity index (χ3v) is 7.88.